The van der Waals surface area contributed by atoms with E-state index in [1.165, 1.54) is 24.8 Å². The van der Waals surface area contributed by atoms with Gasteiger partial charge < -0.3 is 16.3 Å². The van der Waals surface area contributed by atoms with E-state index < -0.39 is 0 Å². The lowest BCUT2D eigenvalue weighted by Gasteiger charge is -2.19. The van der Waals surface area contributed by atoms with Crippen LogP contribution in [-0.2, 0) is 0 Å². The first-order chi connectivity index (χ1) is 9.24. The molecule has 4 heteroatoms. The Kier molecular flexibility index (Phi) is 4.80. The number of benzene rings is 1. The van der Waals surface area contributed by atoms with Crippen molar-refractivity contribution >= 4 is 5.84 Å². The van der Waals surface area contributed by atoms with Crippen LogP contribution in [0.2, 0.25) is 0 Å². The summed E-state index contributed by atoms with van der Waals surface area (Å²) in [5.41, 5.74) is 6.85. The summed E-state index contributed by atoms with van der Waals surface area (Å²) in [5.74, 6) is 1.07. The first-order valence-electron chi connectivity index (χ1n) is 7.02. The smallest absolute Gasteiger partial charge is 0.141 e. The van der Waals surface area contributed by atoms with Crippen molar-refractivity contribution in [1.82, 2.24) is 5.32 Å². The van der Waals surface area contributed by atoms with Gasteiger partial charge in [0, 0.05) is 18.5 Å². The molecule has 0 bridgehead atoms. The van der Waals surface area contributed by atoms with Crippen LogP contribution in [-0.4, -0.2) is 17.1 Å². The van der Waals surface area contributed by atoms with Crippen LogP contribution in [0.15, 0.2) is 35.5 Å². The molecule has 0 saturated heterocycles. The highest BCUT2D eigenvalue weighted by atomic mass is 16.4. The zero-order valence-electron chi connectivity index (χ0n) is 11.4. The molecule has 0 aromatic heterocycles. The van der Waals surface area contributed by atoms with Crippen LogP contribution in [0.4, 0.5) is 0 Å². The molecule has 1 aliphatic carbocycles. The molecule has 19 heavy (non-hydrogen) atoms. The first kappa shape index (κ1) is 13.9. The van der Waals surface area contributed by atoms with Gasteiger partial charge in [-0.2, -0.15) is 0 Å². The molecular weight excluding hydrogens is 238 g/mol. The highest BCUT2D eigenvalue weighted by molar-refractivity contribution is 5.80. The van der Waals surface area contributed by atoms with Crippen LogP contribution in [0, 0.1) is 5.92 Å². The topological polar surface area (TPSA) is 70.6 Å². The maximum absolute atomic E-state index is 8.75. The molecular formula is C15H23N3O. The van der Waals surface area contributed by atoms with Gasteiger partial charge in [-0.15, -0.1) is 0 Å². The summed E-state index contributed by atoms with van der Waals surface area (Å²) >= 11 is 0. The van der Waals surface area contributed by atoms with Crippen molar-refractivity contribution < 1.29 is 5.21 Å². The van der Waals surface area contributed by atoms with Gasteiger partial charge in [-0.25, -0.2) is 0 Å². The fourth-order valence-corrected chi connectivity index (χ4v) is 2.61. The molecule has 3 atom stereocenters. The minimum absolute atomic E-state index is 0.129. The van der Waals surface area contributed by atoms with Crippen LogP contribution in [0.3, 0.4) is 0 Å². The van der Waals surface area contributed by atoms with E-state index in [9.17, 15) is 0 Å². The van der Waals surface area contributed by atoms with Crippen LogP contribution >= 0.6 is 0 Å². The van der Waals surface area contributed by atoms with E-state index >= 15 is 0 Å². The van der Waals surface area contributed by atoms with E-state index in [2.05, 4.69) is 29.5 Å². The third-order valence-corrected chi connectivity index (χ3v) is 3.74. The highest BCUT2D eigenvalue weighted by Gasteiger charge is 2.37. The molecule has 0 heterocycles. The lowest BCUT2D eigenvalue weighted by Crippen LogP contribution is -2.29. The van der Waals surface area contributed by atoms with Gasteiger partial charge in [0.05, 0.1) is 0 Å². The van der Waals surface area contributed by atoms with Crippen molar-refractivity contribution in [2.75, 3.05) is 0 Å². The number of nitrogens with two attached hydrogens (primary N) is 1. The Morgan fingerprint density at radius 1 is 1.47 bits per heavy atom. The minimum Gasteiger partial charge on any atom is -0.409 e. The zero-order valence-corrected chi connectivity index (χ0v) is 11.4. The summed E-state index contributed by atoms with van der Waals surface area (Å²) < 4.78 is 0. The molecule has 3 unspecified atom stereocenters. The number of nitrogens with one attached hydrogen (secondary N) is 1. The van der Waals surface area contributed by atoms with E-state index in [0.717, 1.165) is 5.92 Å². The van der Waals surface area contributed by atoms with E-state index in [4.69, 9.17) is 10.9 Å². The summed E-state index contributed by atoms with van der Waals surface area (Å²) in [4.78, 5) is 0. The second kappa shape index (κ2) is 6.57. The predicted octanol–water partition coefficient (Wildman–Crippen LogP) is 2.64. The summed E-state index contributed by atoms with van der Waals surface area (Å²) in [6.07, 6.45) is 4.30. The Morgan fingerprint density at radius 2 is 2.21 bits per heavy atom. The molecule has 0 radical (unpaired) electrons. The van der Waals surface area contributed by atoms with E-state index in [1.54, 1.807) is 0 Å². The standard InChI is InChI=1S/C15H23N3O/c1-2-6-12-9-13(12)17-14(10-15(16)18-19)11-7-4-3-5-8-11/h3-5,7-8,12-14,17,19H,2,6,9-10H2,1H3,(H2,16,18). The van der Waals surface area contributed by atoms with E-state index in [0.29, 0.717) is 12.5 Å². The van der Waals surface area contributed by atoms with Gasteiger partial charge in [-0.1, -0.05) is 48.8 Å². The van der Waals surface area contributed by atoms with Crippen LogP contribution in [0.5, 0.6) is 0 Å². The summed E-state index contributed by atoms with van der Waals surface area (Å²) in [6.45, 7) is 2.22. The second-order valence-electron chi connectivity index (χ2n) is 5.32. The van der Waals surface area contributed by atoms with Crippen molar-refractivity contribution in [1.29, 1.82) is 0 Å². The third-order valence-electron chi connectivity index (χ3n) is 3.74. The molecule has 1 aromatic rings. The van der Waals surface area contributed by atoms with Crippen molar-refractivity contribution in [3.05, 3.63) is 35.9 Å². The average molecular weight is 261 g/mol. The molecule has 104 valence electrons. The largest absolute Gasteiger partial charge is 0.409 e. The fraction of sp³-hybridized carbons (Fsp3) is 0.533. The van der Waals surface area contributed by atoms with Crippen molar-refractivity contribution in [3.63, 3.8) is 0 Å². The maximum Gasteiger partial charge on any atom is 0.141 e. The third kappa shape index (κ3) is 3.96. The predicted molar refractivity (Wildman–Crippen MR) is 77.1 cm³/mol. The van der Waals surface area contributed by atoms with Crippen LogP contribution in [0.1, 0.15) is 44.2 Å². The zero-order chi connectivity index (χ0) is 13.7. The van der Waals surface area contributed by atoms with Gasteiger partial charge in [0.25, 0.3) is 0 Å². The van der Waals surface area contributed by atoms with Gasteiger partial charge in [0.1, 0.15) is 5.84 Å². The molecule has 1 fully saturated rings. The number of nitrogens with zero attached hydrogens (tertiary/aromatic N) is 1. The van der Waals surface area contributed by atoms with E-state index in [1.807, 2.05) is 18.2 Å². The van der Waals surface area contributed by atoms with Crippen LogP contribution in [0.25, 0.3) is 0 Å². The molecule has 4 nitrogen and oxygen atoms in total. The lowest BCUT2D eigenvalue weighted by molar-refractivity contribution is 0.315. The number of amidine groups is 1. The Hall–Kier alpha value is -1.55. The van der Waals surface area contributed by atoms with Crippen molar-refractivity contribution in [2.24, 2.45) is 16.8 Å². The molecule has 2 rings (SSSR count). The number of hydrogen-bond acceptors (Lipinski definition) is 3. The van der Waals surface area contributed by atoms with Gasteiger partial charge >= 0.3 is 0 Å². The van der Waals surface area contributed by atoms with Crippen molar-refractivity contribution in [2.45, 2.75) is 44.7 Å². The van der Waals surface area contributed by atoms with Gasteiger partial charge in [0.2, 0.25) is 0 Å². The minimum atomic E-state index is 0.129. The fourth-order valence-electron chi connectivity index (χ4n) is 2.61. The first-order valence-corrected chi connectivity index (χ1v) is 7.02. The SMILES string of the molecule is CCCC1CC1NC(C/C(N)=N/O)c1ccccc1. The average Bonchev–Trinajstić information content (AvgIpc) is 3.17. The van der Waals surface area contributed by atoms with Crippen LogP contribution < -0.4 is 11.1 Å². The highest BCUT2D eigenvalue weighted by Crippen LogP contribution is 2.36. The summed E-state index contributed by atoms with van der Waals surface area (Å²) in [6, 6.07) is 10.9. The Bertz CT molecular complexity index is 419. The summed E-state index contributed by atoms with van der Waals surface area (Å²) in [7, 11) is 0. The quantitative estimate of drug-likeness (QED) is 0.306. The second-order valence-corrected chi connectivity index (χ2v) is 5.32. The van der Waals surface area contributed by atoms with E-state index in [-0.39, 0.29) is 11.9 Å². The monoisotopic (exact) mass is 261 g/mol. The molecule has 1 aliphatic rings. The maximum atomic E-state index is 8.75. The molecule has 1 saturated carbocycles. The molecule has 0 aliphatic heterocycles. The summed E-state index contributed by atoms with van der Waals surface area (Å²) in [5, 5.41) is 15.5. The Balaban J connectivity index is 1.99. The molecule has 0 amide bonds. The number of oxime groups is 1. The lowest BCUT2D eigenvalue weighted by atomic mass is 10.0. The van der Waals surface area contributed by atoms with Gasteiger partial charge in [-0.05, 0) is 24.3 Å². The Labute approximate surface area is 114 Å². The Morgan fingerprint density at radius 3 is 2.84 bits per heavy atom. The van der Waals surface area contributed by atoms with Gasteiger partial charge in [0.15, 0.2) is 0 Å². The normalized spacial score (nSPS) is 24.2. The van der Waals surface area contributed by atoms with Gasteiger partial charge in [-0.3, -0.25) is 0 Å². The van der Waals surface area contributed by atoms with Crippen molar-refractivity contribution in [3.8, 4) is 0 Å². The molecule has 4 N–H and O–H groups in total. The molecule has 0 spiro atoms. The number of rotatable bonds is 7. The molecule has 1 aromatic carbocycles. The number of hydrogen-bond donors (Lipinski definition) is 3.